The summed E-state index contributed by atoms with van der Waals surface area (Å²) in [5.74, 6) is 0.881. The molecule has 2 aromatic carbocycles. The van der Waals surface area contributed by atoms with E-state index in [1.807, 2.05) is 43.3 Å². The number of hydrogen-bond acceptors (Lipinski definition) is 6. The zero-order valence-corrected chi connectivity index (χ0v) is 19.6. The van der Waals surface area contributed by atoms with Crippen molar-refractivity contribution in [3.63, 3.8) is 0 Å². The quantitative estimate of drug-likeness (QED) is 0.504. The molecule has 1 aromatic heterocycles. The number of benzene rings is 2. The average molecular weight is 488 g/mol. The number of aromatic nitrogens is 2. The standard InChI is InChI=1S/C25H28F3N5O2/c1-33(2)23-20-8-3-4-9-21(20)31-24(32-23)30-18-12-10-17(11-13-18)29-22(34)15-16-6-5-7-19(14-16)35-25(26,27)28/h3-9,14,17-18H,10-13,15H2,1-2H3,(H,29,34)(H,30,31,32)/t17-,18+. The fourth-order valence-electron chi connectivity index (χ4n) is 4.35. The SMILES string of the molecule is CN(C)c1nc(N[C@H]2CC[C@@H](NC(=O)Cc3cccc(OC(F)(F)F)c3)CC2)nc2ccccc12. The maximum absolute atomic E-state index is 12.5. The number of nitrogens with zero attached hydrogens (tertiary/aromatic N) is 3. The third-order valence-electron chi connectivity index (χ3n) is 5.93. The summed E-state index contributed by atoms with van der Waals surface area (Å²) in [6.07, 6.45) is -1.52. The van der Waals surface area contributed by atoms with Crippen LogP contribution in [0.1, 0.15) is 31.2 Å². The van der Waals surface area contributed by atoms with E-state index in [9.17, 15) is 18.0 Å². The smallest absolute Gasteiger partial charge is 0.406 e. The molecule has 1 saturated carbocycles. The van der Waals surface area contributed by atoms with Crippen molar-refractivity contribution in [2.75, 3.05) is 24.3 Å². The van der Waals surface area contributed by atoms with Crippen LogP contribution in [0.3, 0.4) is 0 Å². The lowest BCUT2D eigenvalue weighted by atomic mass is 9.91. The van der Waals surface area contributed by atoms with Crippen molar-refractivity contribution in [3.05, 3.63) is 54.1 Å². The van der Waals surface area contributed by atoms with E-state index in [2.05, 4.69) is 20.4 Å². The number of nitrogens with one attached hydrogen (secondary N) is 2. The van der Waals surface area contributed by atoms with Crippen LogP contribution in [0.5, 0.6) is 5.75 Å². The Balaban J connectivity index is 1.29. The molecule has 1 fully saturated rings. The van der Waals surface area contributed by atoms with E-state index in [4.69, 9.17) is 4.98 Å². The topological polar surface area (TPSA) is 79.4 Å². The van der Waals surface area contributed by atoms with E-state index in [0.29, 0.717) is 11.5 Å². The van der Waals surface area contributed by atoms with Gasteiger partial charge in [0.1, 0.15) is 11.6 Å². The first-order valence-corrected chi connectivity index (χ1v) is 11.5. The van der Waals surface area contributed by atoms with Gasteiger partial charge in [0.15, 0.2) is 0 Å². The number of carbonyl (C=O) groups is 1. The fraction of sp³-hybridized carbons (Fsp3) is 0.400. The van der Waals surface area contributed by atoms with Gasteiger partial charge in [-0.15, -0.1) is 13.2 Å². The second-order valence-electron chi connectivity index (χ2n) is 8.91. The van der Waals surface area contributed by atoms with E-state index >= 15 is 0 Å². The van der Waals surface area contributed by atoms with Gasteiger partial charge in [-0.05, 0) is 55.5 Å². The normalized spacial score (nSPS) is 18.2. The number of carbonyl (C=O) groups excluding carboxylic acids is 1. The highest BCUT2D eigenvalue weighted by Gasteiger charge is 2.31. The molecule has 4 rings (SSSR count). The van der Waals surface area contributed by atoms with Crippen molar-refractivity contribution in [2.45, 2.75) is 50.6 Å². The molecule has 0 unspecified atom stereocenters. The number of rotatable bonds is 7. The Morgan fingerprint density at radius 1 is 1.03 bits per heavy atom. The molecular formula is C25H28F3N5O2. The monoisotopic (exact) mass is 487 g/mol. The predicted octanol–water partition coefficient (Wildman–Crippen LogP) is 4.68. The molecule has 1 heterocycles. The molecule has 0 saturated heterocycles. The third kappa shape index (κ3) is 6.74. The Morgan fingerprint density at radius 3 is 2.46 bits per heavy atom. The van der Waals surface area contributed by atoms with Gasteiger partial charge in [-0.2, -0.15) is 4.98 Å². The predicted molar refractivity (Wildman–Crippen MR) is 129 cm³/mol. The summed E-state index contributed by atoms with van der Waals surface area (Å²) in [6.45, 7) is 0. The van der Waals surface area contributed by atoms with Gasteiger partial charge in [0.25, 0.3) is 0 Å². The Kier molecular flexibility index (Phi) is 7.28. The number of ether oxygens (including phenoxy) is 1. The van der Waals surface area contributed by atoms with E-state index in [0.717, 1.165) is 42.4 Å². The average Bonchev–Trinajstić information content (AvgIpc) is 2.79. The highest BCUT2D eigenvalue weighted by atomic mass is 19.4. The molecular weight excluding hydrogens is 459 g/mol. The molecule has 0 spiro atoms. The number of alkyl halides is 3. The van der Waals surface area contributed by atoms with Crippen molar-refractivity contribution in [1.82, 2.24) is 15.3 Å². The fourth-order valence-corrected chi connectivity index (χ4v) is 4.35. The number of fused-ring (bicyclic) bond motifs is 1. The zero-order valence-electron chi connectivity index (χ0n) is 19.6. The number of hydrogen-bond donors (Lipinski definition) is 2. The zero-order chi connectivity index (χ0) is 25.0. The first kappa shape index (κ1) is 24.6. The van der Waals surface area contributed by atoms with Crippen LogP contribution in [0.2, 0.25) is 0 Å². The first-order chi connectivity index (χ1) is 16.7. The van der Waals surface area contributed by atoms with Crippen molar-refractivity contribution >= 4 is 28.6 Å². The van der Waals surface area contributed by atoms with Gasteiger partial charge in [-0.1, -0.05) is 24.3 Å². The first-order valence-electron chi connectivity index (χ1n) is 11.5. The molecule has 35 heavy (non-hydrogen) atoms. The van der Waals surface area contributed by atoms with Crippen molar-refractivity contribution in [2.24, 2.45) is 0 Å². The van der Waals surface area contributed by atoms with Crippen LogP contribution in [0.15, 0.2) is 48.5 Å². The molecule has 7 nitrogen and oxygen atoms in total. The molecule has 1 aliphatic rings. The molecule has 1 amide bonds. The third-order valence-corrected chi connectivity index (χ3v) is 5.93. The molecule has 186 valence electrons. The van der Waals surface area contributed by atoms with Gasteiger partial charge in [0.2, 0.25) is 11.9 Å². The number of halogens is 3. The molecule has 2 N–H and O–H groups in total. The highest BCUT2D eigenvalue weighted by molar-refractivity contribution is 5.90. The summed E-state index contributed by atoms with van der Waals surface area (Å²) >= 11 is 0. The molecule has 10 heteroatoms. The van der Waals surface area contributed by atoms with Crippen molar-refractivity contribution in [1.29, 1.82) is 0 Å². The van der Waals surface area contributed by atoms with Crippen LogP contribution in [-0.4, -0.2) is 48.4 Å². The van der Waals surface area contributed by atoms with E-state index in [1.165, 1.54) is 18.2 Å². The van der Waals surface area contributed by atoms with Crippen LogP contribution >= 0.6 is 0 Å². The van der Waals surface area contributed by atoms with E-state index < -0.39 is 6.36 Å². The minimum Gasteiger partial charge on any atom is -0.406 e. The van der Waals surface area contributed by atoms with Crippen LogP contribution in [0.4, 0.5) is 24.9 Å². The van der Waals surface area contributed by atoms with Crippen LogP contribution < -0.4 is 20.3 Å². The van der Waals surface area contributed by atoms with Gasteiger partial charge >= 0.3 is 6.36 Å². The van der Waals surface area contributed by atoms with Crippen molar-refractivity contribution < 1.29 is 22.7 Å². The maximum Gasteiger partial charge on any atom is 0.573 e. The van der Waals surface area contributed by atoms with Gasteiger partial charge in [-0.3, -0.25) is 4.79 Å². The summed E-state index contributed by atoms with van der Waals surface area (Å²) < 4.78 is 41.2. The second kappa shape index (κ2) is 10.4. The van der Waals surface area contributed by atoms with Gasteiger partial charge in [0.05, 0.1) is 11.9 Å². The number of para-hydroxylation sites is 1. The maximum atomic E-state index is 12.5. The van der Waals surface area contributed by atoms with Gasteiger partial charge < -0.3 is 20.3 Å². The molecule has 0 aliphatic heterocycles. The van der Waals surface area contributed by atoms with Crippen LogP contribution in [0, 0.1) is 0 Å². The minimum atomic E-state index is -4.76. The van der Waals surface area contributed by atoms with E-state index in [-0.39, 0.29) is 30.2 Å². The largest absolute Gasteiger partial charge is 0.573 e. The molecule has 0 radical (unpaired) electrons. The Morgan fingerprint density at radius 2 is 1.74 bits per heavy atom. The van der Waals surface area contributed by atoms with Crippen LogP contribution in [-0.2, 0) is 11.2 Å². The van der Waals surface area contributed by atoms with Gasteiger partial charge in [-0.25, -0.2) is 4.98 Å². The lowest BCUT2D eigenvalue weighted by Crippen LogP contribution is -2.40. The Bertz CT molecular complexity index is 1180. The molecule has 1 aliphatic carbocycles. The van der Waals surface area contributed by atoms with Crippen LogP contribution in [0.25, 0.3) is 10.9 Å². The number of anilines is 2. The molecule has 0 atom stereocenters. The highest BCUT2D eigenvalue weighted by Crippen LogP contribution is 2.27. The summed E-state index contributed by atoms with van der Waals surface area (Å²) in [4.78, 5) is 23.8. The summed E-state index contributed by atoms with van der Waals surface area (Å²) in [6, 6.07) is 13.6. The Hall–Kier alpha value is -3.56. The van der Waals surface area contributed by atoms with E-state index in [1.54, 1.807) is 6.07 Å². The number of amides is 1. The Labute approximate surface area is 201 Å². The summed E-state index contributed by atoms with van der Waals surface area (Å²) in [5.41, 5.74) is 1.34. The lowest BCUT2D eigenvalue weighted by Gasteiger charge is -2.30. The summed E-state index contributed by atoms with van der Waals surface area (Å²) in [7, 11) is 3.90. The molecule has 3 aromatic rings. The lowest BCUT2D eigenvalue weighted by molar-refractivity contribution is -0.274. The summed E-state index contributed by atoms with van der Waals surface area (Å²) in [5, 5.41) is 7.43. The molecule has 0 bridgehead atoms. The van der Waals surface area contributed by atoms with Crippen molar-refractivity contribution in [3.8, 4) is 5.75 Å². The minimum absolute atomic E-state index is 0.00845. The second-order valence-corrected chi connectivity index (χ2v) is 8.91. The van der Waals surface area contributed by atoms with Gasteiger partial charge in [0, 0.05) is 31.6 Å².